The van der Waals surface area contributed by atoms with Gasteiger partial charge in [0.1, 0.15) is 22.5 Å². The average molecular weight is 579 g/mol. The van der Waals surface area contributed by atoms with E-state index in [1.807, 2.05) is 17.9 Å². The lowest BCUT2D eigenvalue weighted by Crippen LogP contribution is -2.39. The highest BCUT2D eigenvalue weighted by molar-refractivity contribution is 6.32. The van der Waals surface area contributed by atoms with Crippen LogP contribution in [-0.4, -0.2) is 54.1 Å². The Hall–Kier alpha value is -2.88. The number of ether oxygens (including phenoxy) is 1. The summed E-state index contributed by atoms with van der Waals surface area (Å²) in [6.07, 6.45) is 5.93. The molecule has 218 valence electrons. The van der Waals surface area contributed by atoms with Crippen LogP contribution in [0.25, 0.3) is 0 Å². The minimum absolute atomic E-state index is 0.0921. The minimum atomic E-state index is -0.799. The smallest absolute Gasteiger partial charge is 0.287 e. The van der Waals surface area contributed by atoms with Crippen molar-refractivity contribution in [1.29, 1.82) is 0 Å². The third kappa shape index (κ3) is 8.56. The second-order valence-corrected chi connectivity index (χ2v) is 10.6. The first kappa shape index (κ1) is 31.6. The molecule has 0 bridgehead atoms. The first-order valence-electron chi connectivity index (χ1n) is 13.5. The molecule has 2 fully saturated rings. The number of benzene rings is 1. The standard InChI is InChI=1S/C22H29ClF2N4O2.C8H9F/c1-3-19(25)18(15(2)24)13-28-8-6-17(7-9-28)29-22(30)21(23)20(12-27-29)26-11-16-5-4-10-31-14-16;1-6-4-3-5-8(9)7(6)2/h3,12,16-17,26H,1-2,4-11,13-14H2;3-5H,1-2H3/b19-18+;/t16-;/m0./s1. The molecule has 2 aliphatic heterocycles. The molecule has 10 heteroatoms. The van der Waals surface area contributed by atoms with Gasteiger partial charge < -0.3 is 10.1 Å². The third-order valence-electron chi connectivity index (χ3n) is 7.40. The van der Waals surface area contributed by atoms with E-state index in [0.29, 0.717) is 50.7 Å². The van der Waals surface area contributed by atoms with Crippen molar-refractivity contribution in [3.05, 3.63) is 93.2 Å². The molecule has 2 aliphatic rings. The number of likely N-dealkylation sites (tertiary alicyclic amines) is 1. The minimum Gasteiger partial charge on any atom is -0.382 e. The van der Waals surface area contributed by atoms with E-state index in [9.17, 15) is 18.0 Å². The number of nitrogens with zero attached hydrogens (tertiary/aromatic N) is 3. The summed E-state index contributed by atoms with van der Waals surface area (Å²) in [4.78, 5) is 14.7. The van der Waals surface area contributed by atoms with Gasteiger partial charge in [0.25, 0.3) is 5.56 Å². The highest BCUT2D eigenvalue weighted by Gasteiger charge is 2.25. The van der Waals surface area contributed by atoms with Crippen LogP contribution < -0.4 is 10.9 Å². The van der Waals surface area contributed by atoms with Gasteiger partial charge in [0.15, 0.2) is 0 Å². The largest absolute Gasteiger partial charge is 0.382 e. The lowest BCUT2D eigenvalue weighted by molar-refractivity contribution is 0.0595. The van der Waals surface area contributed by atoms with E-state index in [0.717, 1.165) is 36.7 Å². The van der Waals surface area contributed by atoms with Gasteiger partial charge in [0.2, 0.25) is 0 Å². The van der Waals surface area contributed by atoms with Crippen molar-refractivity contribution in [3.63, 3.8) is 0 Å². The summed E-state index contributed by atoms with van der Waals surface area (Å²) in [5, 5.41) is 7.68. The van der Waals surface area contributed by atoms with E-state index in [2.05, 4.69) is 23.6 Å². The maximum Gasteiger partial charge on any atom is 0.287 e. The number of allylic oxidation sites excluding steroid dienone is 2. The highest BCUT2D eigenvalue weighted by atomic mass is 35.5. The van der Waals surface area contributed by atoms with Crippen LogP contribution in [0.2, 0.25) is 5.02 Å². The molecule has 0 unspecified atom stereocenters. The molecule has 4 rings (SSSR count). The third-order valence-corrected chi connectivity index (χ3v) is 7.76. The Morgan fingerprint density at radius 2 is 1.98 bits per heavy atom. The number of aryl methyl sites for hydroxylation is 1. The molecule has 0 amide bonds. The molecule has 0 radical (unpaired) electrons. The van der Waals surface area contributed by atoms with Crippen LogP contribution in [0.5, 0.6) is 0 Å². The Balaban J connectivity index is 0.000000415. The SMILES string of the molecule is C=C/C(F)=C(/CN1CCC(n2ncc(NC[C@@H]3CCCOC3)c(Cl)c2=O)CC1)C(=C)F.Cc1cccc(F)c1C. The number of anilines is 1. The molecule has 40 heavy (non-hydrogen) atoms. The quantitative estimate of drug-likeness (QED) is 0.353. The van der Waals surface area contributed by atoms with E-state index < -0.39 is 11.7 Å². The van der Waals surface area contributed by atoms with Crippen LogP contribution in [0, 0.1) is 25.6 Å². The maximum atomic E-state index is 13.8. The molecule has 1 aromatic carbocycles. The van der Waals surface area contributed by atoms with E-state index in [1.54, 1.807) is 19.2 Å². The van der Waals surface area contributed by atoms with Crippen LogP contribution in [0.15, 0.2) is 65.7 Å². The van der Waals surface area contributed by atoms with Crippen molar-refractivity contribution in [2.75, 3.05) is 44.7 Å². The van der Waals surface area contributed by atoms with Gasteiger partial charge in [0.05, 0.1) is 24.5 Å². The van der Waals surface area contributed by atoms with Gasteiger partial charge in [-0.15, -0.1) is 0 Å². The van der Waals surface area contributed by atoms with Crippen molar-refractivity contribution >= 4 is 17.3 Å². The molecule has 6 nitrogen and oxygen atoms in total. The number of piperidine rings is 1. The van der Waals surface area contributed by atoms with Crippen molar-refractivity contribution in [2.24, 2.45) is 5.92 Å². The zero-order valence-corrected chi connectivity index (χ0v) is 24.0. The van der Waals surface area contributed by atoms with Crippen molar-refractivity contribution in [1.82, 2.24) is 14.7 Å². The Morgan fingerprint density at radius 3 is 2.55 bits per heavy atom. The molecule has 1 N–H and O–H groups in total. The number of hydrogen-bond donors (Lipinski definition) is 1. The number of aromatic nitrogens is 2. The van der Waals surface area contributed by atoms with Crippen LogP contribution in [-0.2, 0) is 4.74 Å². The molecular weight excluding hydrogens is 541 g/mol. The second-order valence-electron chi connectivity index (χ2n) is 10.2. The zero-order valence-electron chi connectivity index (χ0n) is 23.2. The van der Waals surface area contributed by atoms with Gasteiger partial charge in [-0.2, -0.15) is 5.10 Å². The van der Waals surface area contributed by atoms with Gasteiger partial charge in [-0.05, 0) is 68.7 Å². The molecule has 1 atom stereocenters. The fraction of sp³-hybridized carbons (Fsp3) is 0.467. The lowest BCUT2D eigenvalue weighted by atomic mass is 10.0. The molecule has 0 aliphatic carbocycles. The summed E-state index contributed by atoms with van der Waals surface area (Å²) in [5.74, 6) is -1.23. The Bertz CT molecular complexity index is 1250. The molecular formula is C30H38ClF3N4O2. The van der Waals surface area contributed by atoms with E-state index in [4.69, 9.17) is 16.3 Å². The fourth-order valence-corrected chi connectivity index (χ4v) is 4.93. The normalized spacial score (nSPS) is 18.8. The van der Waals surface area contributed by atoms with Gasteiger partial charge >= 0.3 is 0 Å². The summed E-state index contributed by atoms with van der Waals surface area (Å²) >= 11 is 6.33. The summed E-state index contributed by atoms with van der Waals surface area (Å²) < 4.78 is 46.9. The highest BCUT2D eigenvalue weighted by Crippen LogP contribution is 2.26. The zero-order chi connectivity index (χ0) is 29.2. The number of rotatable bonds is 8. The summed E-state index contributed by atoms with van der Waals surface area (Å²) in [5.41, 5.74) is 1.86. The molecule has 1 aromatic heterocycles. The van der Waals surface area contributed by atoms with E-state index in [-0.39, 0.29) is 34.6 Å². The fourth-order valence-electron chi connectivity index (χ4n) is 4.73. The van der Waals surface area contributed by atoms with Crippen LogP contribution in [0.3, 0.4) is 0 Å². The maximum absolute atomic E-state index is 13.8. The summed E-state index contributed by atoms with van der Waals surface area (Å²) in [6.45, 7) is 13.7. The molecule has 0 saturated carbocycles. The first-order valence-corrected chi connectivity index (χ1v) is 13.9. The molecule has 3 heterocycles. The monoisotopic (exact) mass is 578 g/mol. The second kappa shape index (κ2) is 15.2. The van der Waals surface area contributed by atoms with Crippen molar-refractivity contribution < 1.29 is 17.9 Å². The van der Waals surface area contributed by atoms with Gasteiger partial charge in [-0.3, -0.25) is 9.69 Å². The number of nitrogens with one attached hydrogen (secondary N) is 1. The van der Waals surface area contributed by atoms with Crippen molar-refractivity contribution in [3.8, 4) is 0 Å². The first-order chi connectivity index (χ1) is 19.1. The van der Waals surface area contributed by atoms with Crippen molar-refractivity contribution in [2.45, 2.75) is 45.6 Å². The molecule has 2 aromatic rings. The number of hydrogen-bond acceptors (Lipinski definition) is 5. The number of halogens is 4. The summed E-state index contributed by atoms with van der Waals surface area (Å²) in [6, 6.07) is 4.98. The van der Waals surface area contributed by atoms with Gasteiger partial charge in [-0.1, -0.05) is 36.9 Å². The Morgan fingerprint density at radius 1 is 1.25 bits per heavy atom. The lowest BCUT2D eigenvalue weighted by Gasteiger charge is -2.32. The van der Waals surface area contributed by atoms with Crippen LogP contribution in [0.1, 0.15) is 42.9 Å². The molecule has 2 saturated heterocycles. The van der Waals surface area contributed by atoms with E-state index >= 15 is 0 Å². The topological polar surface area (TPSA) is 59.4 Å². The Kier molecular flexibility index (Phi) is 12.0. The molecule has 0 spiro atoms. The van der Waals surface area contributed by atoms with Gasteiger partial charge in [0, 0.05) is 38.4 Å². The van der Waals surface area contributed by atoms with Crippen LogP contribution in [0.4, 0.5) is 18.9 Å². The predicted molar refractivity (Wildman–Crippen MR) is 155 cm³/mol. The predicted octanol–water partition coefficient (Wildman–Crippen LogP) is 6.71. The average Bonchev–Trinajstić information content (AvgIpc) is 2.96. The van der Waals surface area contributed by atoms with E-state index in [1.165, 1.54) is 10.7 Å². The Labute approximate surface area is 239 Å². The van der Waals surface area contributed by atoms with Crippen LogP contribution >= 0.6 is 11.6 Å². The summed E-state index contributed by atoms with van der Waals surface area (Å²) in [7, 11) is 0. The van der Waals surface area contributed by atoms with Gasteiger partial charge in [-0.25, -0.2) is 17.9 Å².